The lowest BCUT2D eigenvalue weighted by Crippen LogP contribution is -2.54. The van der Waals surface area contributed by atoms with Gasteiger partial charge in [0.15, 0.2) is 0 Å². The lowest BCUT2D eigenvalue weighted by atomic mass is 10.1. The smallest absolute Gasteiger partial charge is 0.331 e. The van der Waals surface area contributed by atoms with Gasteiger partial charge < -0.3 is 4.74 Å². The number of nitrogens with zero attached hydrogens (tertiary/aromatic N) is 2. The molecule has 21 heavy (non-hydrogen) atoms. The number of halogens is 2. The standard InChI is InChI=1S/C12H14Br2N2O4S/c1-7(2)16-12(17)9-4-8(13)5-10(14)11(9)15(6-20-3)21(16,18)19/h4-5,7H,6H2,1-3H3. The van der Waals surface area contributed by atoms with E-state index >= 15 is 0 Å². The summed E-state index contributed by atoms with van der Waals surface area (Å²) >= 11 is 6.63. The largest absolute Gasteiger partial charge is 0.363 e. The molecule has 1 aliphatic heterocycles. The molecule has 0 bridgehead atoms. The van der Waals surface area contributed by atoms with Crippen molar-refractivity contribution >= 4 is 53.7 Å². The van der Waals surface area contributed by atoms with Crippen LogP contribution < -0.4 is 4.31 Å². The number of hydrogen-bond acceptors (Lipinski definition) is 4. The first-order chi connectivity index (χ1) is 9.71. The van der Waals surface area contributed by atoms with Crippen molar-refractivity contribution in [3.8, 4) is 0 Å². The topological polar surface area (TPSA) is 66.9 Å². The second kappa shape index (κ2) is 5.86. The first-order valence-electron chi connectivity index (χ1n) is 6.06. The maximum absolute atomic E-state index is 12.7. The lowest BCUT2D eigenvalue weighted by molar-refractivity contribution is 0.0827. The van der Waals surface area contributed by atoms with E-state index in [1.165, 1.54) is 7.11 Å². The monoisotopic (exact) mass is 440 g/mol. The highest BCUT2D eigenvalue weighted by atomic mass is 79.9. The Balaban J connectivity index is 2.78. The van der Waals surface area contributed by atoms with Gasteiger partial charge in [0.2, 0.25) is 0 Å². The van der Waals surface area contributed by atoms with Crippen LogP contribution in [0.3, 0.4) is 0 Å². The van der Waals surface area contributed by atoms with Crippen molar-refractivity contribution in [1.82, 2.24) is 4.31 Å². The molecule has 6 nitrogen and oxygen atoms in total. The molecule has 0 N–H and O–H groups in total. The molecule has 0 unspecified atom stereocenters. The molecule has 116 valence electrons. The quantitative estimate of drug-likeness (QED) is 0.723. The summed E-state index contributed by atoms with van der Waals surface area (Å²) in [5.41, 5.74) is 0.596. The van der Waals surface area contributed by atoms with Crippen LogP contribution in [0.1, 0.15) is 24.2 Å². The molecular formula is C12H14Br2N2O4S. The highest BCUT2D eigenvalue weighted by Crippen LogP contribution is 2.40. The van der Waals surface area contributed by atoms with E-state index in [9.17, 15) is 13.2 Å². The zero-order chi connectivity index (χ0) is 15.9. The Morgan fingerprint density at radius 2 is 1.90 bits per heavy atom. The van der Waals surface area contributed by atoms with E-state index in [4.69, 9.17) is 4.74 Å². The number of carbonyl (C=O) groups excluding carboxylic acids is 1. The van der Waals surface area contributed by atoms with E-state index in [1.54, 1.807) is 26.0 Å². The van der Waals surface area contributed by atoms with Crippen molar-refractivity contribution in [2.24, 2.45) is 0 Å². The Morgan fingerprint density at radius 3 is 2.43 bits per heavy atom. The maximum Gasteiger partial charge on any atom is 0.331 e. The van der Waals surface area contributed by atoms with Gasteiger partial charge in [0.25, 0.3) is 5.91 Å². The summed E-state index contributed by atoms with van der Waals surface area (Å²) in [6.45, 7) is 3.13. The predicted molar refractivity (Wildman–Crippen MR) is 86.4 cm³/mol. The van der Waals surface area contributed by atoms with E-state index in [0.29, 0.717) is 20.2 Å². The molecule has 0 aromatic heterocycles. The minimum atomic E-state index is -3.98. The highest BCUT2D eigenvalue weighted by Gasteiger charge is 2.44. The molecule has 1 aromatic rings. The summed E-state index contributed by atoms with van der Waals surface area (Å²) in [5, 5.41) is 0. The van der Waals surface area contributed by atoms with Crippen LogP contribution >= 0.6 is 31.9 Å². The Bertz CT molecular complexity index is 691. The van der Waals surface area contributed by atoms with Gasteiger partial charge in [-0.3, -0.25) is 4.79 Å². The van der Waals surface area contributed by atoms with Crippen LogP contribution in [0.4, 0.5) is 5.69 Å². The minimum Gasteiger partial charge on any atom is -0.363 e. The number of ether oxygens (including phenoxy) is 1. The van der Waals surface area contributed by atoms with Crippen LogP contribution in [0.15, 0.2) is 21.1 Å². The predicted octanol–water partition coefficient (Wildman–Crippen LogP) is 2.73. The van der Waals surface area contributed by atoms with E-state index in [0.717, 1.165) is 8.61 Å². The van der Waals surface area contributed by atoms with E-state index in [1.807, 2.05) is 0 Å². The third-order valence-electron chi connectivity index (χ3n) is 2.95. The van der Waals surface area contributed by atoms with Crippen molar-refractivity contribution in [3.63, 3.8) is 0 Å². The third kappa shape index (κ3) is 2.71. The van der Waals surface area contributed by atoms with Crippen molar-refractivity contribution in [1.29, 1.82) is 0 Å². The minimum absolute atomic E-state index is 0.175. The zero-order valence-electron chi connectivity index (χ0n) is 11.6. The number of rotatable bonds is 3. The van der Waals surface area contributed by atoms with Gasteiger partial charge in [-0.15, -0.1) is 0 Å². The van der Waals surface area contributed by atoms with Gasteiger partial charge in [0.05, 0.1) is 11.3 Å². The SMILES string of the molecule is COCN1c2c(Br)cc(Br)cc2C(=O)N(C(C)C)S1(=O)=O. The van der Waals surface area contributed by atoms with Gasteiger partial charge >= 0.3 is 10.2 Å². The molecular weight excluding hydrogens is 428 g/mol. The summed E-state index contributed by atoms with van der Waals surface area (Å²) in [6.07, 6.45) is 0. The molecule has 0 atom stereocenters. The molecule has 0 saturated heterocycles. The fraction of sp³-hybridized carbons (Fsp3) is 0.417. The Labute approximate surface area is 140 Å². The van der Waals surface area contributed by atoms with Gasteiger partial charge in [-0.25, -0.2) is 8.61 Å². The van der Waals surface area contributed by atoms with Crippen LogP contribution in [0.5, 0.6) is 0 Å². The van der Waals surface area contributed by atoms with Crippen molar-refractivity contribution in [2.45, 2.75) is 19.9 Å². The molecule has 0 saturated carbocycles. The summed E-state index contributed by atoms with van der Waals surface area (Å²) in [6, 6.07) is 2.80. The van der Waals surface area contributed by atoms with E-state index in [-0.39, 0.29) is 6.73 Å². The fourth-order valence-corrected chi connectivity index (χ4v) is 5.45. The number of hydrogen-bond donors (Lipinski definition) is 0. The maximum atomic E-state index is 12.7. The Morgan fingerprint density at radius 1 is 1.29 bits per heavy atom. The van der Waals surface area contributed by atoms with Crippen LogP contribution in [0, 0.1) is 0 Å². The van der Waals surface area contributed by atoms with Gasteiger partial charge in [-0.2, -0.15) is 8.42 Å². The summed E-state index contributed by atoms with van der Waals surface area (Å²) < 4.78 is 33.5. The molecule has 0 radical (unpaired) electrons. The van der Waals surface area contributed by atoms with Gasteiger partial charge in [-0.1, -0.05) is 15.9 Å². The molecule has 0 fully saturated rings. The van der Waals surface area contributed by atoms with Crippen molar-refractivity contribution in [2.75, 3.05) is 18.1 Å². The Hall–Kier alpha value is -0.640. The summed E-state index contributed by atoms with van der Waals surface area (Å²) in [7, 11) is -2.58. The Kier molecular flexibility index (Phi) is 4.67. The molecule has 9 heteroatoms. The molecule has 1 amide bonds. The number of anilines is 1. The first-order valence-corrected chi connectivity index (χ1v) is 9.04. The average Bonchev–Trinajstić information content (AvgIpc) is 2.33. The normalized spacial score (nSPS) is 17.3. The van der Waals surface area contributed by atoms with Crippen LogP contribution in [0.2, 0.25) is 0 Å². The number of benzene rings is 1. The third-order valence-corrected chi connectivity index (χ3v) is 5.94. The molecule has 0 aliphatic carbocycles. The lowest BCUT2D eigenvalue weighted by Gasteiger charge is -2.38. The van der Waals surface area contributed by atoms with E-state index < -0.39 is 22.2 Å². The molecule has 1 heterocycles. The van der Waals surface area contributed by atoms with Crippen molar-refractivity contribution < 1.29 is 17.9 Å². The first kappa shape index (κ1) is 16.7. The van der Waals surface area contributed by atoms with Crippen LogP contribution in [-0.4, -0.2) is 38.5 Å². The zero-order valence-corrected chi connectivity index (χ0v) is 15.6. The average molecular weight is 442 g/mol. The highest BCUT2D eigenvalue weighted by molar-refractivity contribution is 9.11. The second-order valence-corrected chi connectivity index (χ2v) is 8.25. The number of methoxy groups -OCH3 is 1. The van der Waals surface area contributed by atoms with Gasteiger partial charge in [0, 0.05) is 22.1 Å². The van der Waals surface area contributed by atoms with Crippen molar-refractivity contribution in [3.05, 3.63) is 26.6 Å². The van der Waals surface area contributed by atoms with Gasteiger partial charge in [-0.05, 0) is 41.9 Å². The molecule has 0 spiro atoms. The molecule has 1 aliphatic rings. The summed E-state index contributed by atoms with van der Waals surface area (Å²) in [4.78, 5) is 12.6. The number of carbonyl (C=O) groups is 1. The van der Waals surface area contributed by atoms with Gasteiger partial charge in [0.1, 0.15) is 6.73 Å². The second-order valence-electron chi connectivity index (χ2n) is 4.75. The van der Waals surface area contributed by atoms with Crippen LogP contribution in [0.25, 0.3) is 0 Å². The van der Waals surface area contributed by atoms with Crippen LogP contribution in [-0.2, 0) is 14.9 Å². The molecule has 1 aromatic carbocycles. The number of amides is 1. The summed E-state index contributed by atoms with van der Waals surface area (Å²) in [5.74, 6) is -0.547. The van der Waals surface area contributed by atoms with E-state index in [2.05, 4.69) is 31.9 Å². The number of fused-ring (bicyclic) bond motifs is 1. The fourth-order valence-electron chi connectivity index (χ4n) is 2.18. The molecule has 2 rings (SSSR count).